The average Bonchev–Trinajstić information content (AvgIpc) is 2.81. The molecule has 10 heteroatoms. The number of halogens is 2. The molecule has 0 aliphatic carbocycles. The summed E-state index contributed by atoms with van der Waals surface area (Å²) in [6.45, 7) is 3.73. The fraction of sp³-hybridized carbons (Fsp3) is 0.120. The first-order valence-corrected chi connectivity index (χ1v) is 11.6. The number of carbonyl (C=O) groups is 3. The minimum Gasteiger partial charge on any atom is -0.483 e. The van der Waals surface area contributed by atoms with Gasteiger partial charge >= 0.3 is 11.8 Å². The van der Waals surface area contributed by atoms with Crippen LogP contribution in [0.3, 0.4) is 0 Å². The van der Waals surface area contributed by atoms with Crippen LogP contribution < -0.4 is 20.8 Å². The van der Waals surface area contributed by atoms with Crippen molar-refractivity contribution in [3.63, 3.8) is 0 Å². The van der Waals surface area contributed by atoms with E-state index in [9.17, 15) is 14.4 Å². The number of hydrogen-bond acceptors (Lipinski definition) is 5. The number of hydrogen-bond donors (Lipinski definition) is 3. The maximum absolute atomic E-state index is 12.3. The second kappa shape index (κ2) is 12.1. The molecule has 3 N–H and O–H groups in total. The minimum absolute atomic E-state index is 0.232. The van der Waals surface area contributed by atoms with Crippen molar-refractivity contribution in [3.8, 4) is 5.75 Å². The SMILES string of the molecule is Cc1ccc(NC(=O)COc2ccc(Br)cc2/C=N\NC(=O)C(=O)Nc2cccc(Cl)c2)cc1C. The van der Waals surface area contributed by atoms with E-state index in [0.29, 0.717) is 27.7 Å². The quantitative estimate of drug-likeness (QED) is 0.220. The topological polar surface area (TPSA) is 109 Å². The predicted octanol–water partition coefficient (Wildman–Crippen LogP) is 4.83. The molecule has 3 aromatic rings. The van der Waals surface area contributed by atoms with Gasteiger partial charge in [-0.3, -0.25) is 14.4 Å². The Hall–Kier alpha value is -3.69. The second-order valence-corrected chi connectivity index (χ2v) is 8.83. The molecule has 0 fully saturated rings. The standard InChI is InChI=1S/C25H22BrClN4O4/c1-15-6-8-21(10-16(15)2)29-23(32)14-35-22-9-7-18(26)11-17(22)13-28-31-25(34)24(33)30-20-5-3-4-19(27)12-20/h3-13H,14H2,1-2H3,(H,29,32)(H,30,33)(H,31,34)/b28-13-. The molecule has 0 spiro atoms. The molecule has 180 valence electrons. The summed E-state index contributed by atoms with van der Waals surface area (Å²) < 4.78 is 6.38. The molecule has 35 heavy (non-hydrogen) atoms. The second-order valence-electron chi connectivity index (χ2n) is 7.48. The lowest BCUT2D eigenvalue weighted by Crippen LogP contribution is -2.32. The van der Waals surface area contributed by atoms with Crippen LogP contribution in [0.25, 0.3) is 0 Å². The zero-order valence-corrected chi connectivity index (χ0v) is 21.2. The fourth-order valence-corrected chi connectivity index (χ4v) is 3.45. The molecule has 0 bridgehead atoms. The van der Waals surface area contributed by atoms with Crippen molar-refractivity contribution in [2.45, 2.75) is 13.8 Å². The highest BCUT2D eigenvalue weighted by molar-refractivity contribution is 9.10. The van der Waals surface area contributed by atoms with E-state index >= 15 is 0 Å². The van der Waals surface area contributed by atoms with Gasteiger partial charge in [-0.05, 0) is 73.5 Å². The Morgan fingerprint density at radius 2 is 1.71 bits per heavy atom. The lowest BCUT2D eigenvalue weighted by atomic mass is 10.1. The Labute approximate surface area is 215 Å². The summed E-state index contributed by atoms with van der Waals surface area (Å²) in [6.07, 6.45) is 1.31. The summed E-state index contributed by atoms with van der Waals surface area (Å²) >= 11 is 9.23. The van der Waals surface area contributed by atoms with E-state index in [2.05, 4.69) is 37.1 Å². The van der Waals surface area contributed by atoms with Crippen LogP contribution in [-0.4, -0.2) is 30.5 Å². The zero-order chi connectivity index (χ0) is 25.4. The third-order valence-electron chi connectivity index (χ3n) is 4.78. The molecule has 0 radical (unpaired) electrons. The molecular formula is C25H22BrClN4O4. The van der Waals surface area contributed by atoms with E-state index in [1.165, 1.54) is 12.3 Å². The van der Waals surface area contributed by atoms with Gasteiger partial charge in [0, 0.05) is 26.4 Å². The van der Waals surface area contributed by atoms with E-state index in [1.54, 1.807) is 36.4 Å². The van der Waals surface area contributed by atoms with E-state index in [-0.39, 0.29) is 12.5 Å². The van der Waals surface area contributed by atoms with Crippen LogP contribution >= 0.6 is 27.5 Å². The van der Waals surface area contributed by atoms with Gasteiger partial charge in [-0.25, -0.2) is 5.43 Å². The third kappa shape index (κ3) is 7.94. The Morgan fingerprint density at radius 3 is 2.46 bits per heavy atom. The minimum atomic E-state index is -0.966. The molecule has 3 aromatic carbocycles. The molecule has 0 atom stereocenters. The van der Waals surface area contributed by atoms with Crippen molar-refractivity contribution in [1.82, 2.24) is 5.43 Å². The molecule has 3 amide bonds. The lowest BCUT2D eigenvalue weighted by Gasteiger charge is -2.11. The van der Waals surface area contributed by atoms with E-state index in [4.69, 9.17) is 16.3 Å². The van der Waals surface area contributed by atoms with Gasteiger partial charge in [0.25, 0.3) is 5.91 Å². The molecule has 0 saturated carbocycles. The molecule has 3 rings (SSSR count). The zero-order valence-electron chi connectivity index (χ0n) is 18.9. The number of amides is 3. The van der Waals surface area contributed by atoms with Gasteiger partial charge in [-0.2, -0.15) is 5.10 Å². The van der Waals surface area contributed by atoms with Crippen molar-refractivity contribution >= 4 is 62.8 Å². The van der Waals surface area contributed by atoms with Crippen LogP contribution in [0.4, 0.5) is 11.4 Å². The number of carbonyl (C=O) groups excluding carboxylic acids is 3. The van der Waals surface area contributed by atoms with E-state index in [1.807, 2.05) is 32.0 Å². The summed E-state index contributed by atoms with van der Waals surface area (Å²) in [5.74, 6) is -1.83. The van der Waals surface area contributed by atoms with Crippen molar-refractivity contribution < 1.29 is 19.1 Å². The number of rotatable bonds is 7. The lowest BCUT2D eigenvalue weighted by molar-refractivity contribution is -0.136. The molecule has 0 aromatic heterocycles. The number of nitrogens with zero attached hydrogens (tertiary/aromatic N) is 1. The average molecular weight is 558 g/mol. The fourth-order valence-electron chi connectivity index (χ4n) is 2.88. The smallest absolute Gasteiger partial charge is 0.329 e. The Morgan fingerprint density at radius 1 is 0.943 bits per heavy atom. The number of benzene rings is 3. The van der Waals surface area contributed by atoms with Gasteiger partial charge < -0.3 is 15.4 Å². The Bertz CT molecular complexity index is 1300. The molecule has 8 nitrogen and oxygen atoms in total. The number of anilines is 2. The maximum Gasteiger partial charge on any atom is 0.329 e. The van der Waals surface area contributed by atoms with Gasteiger partial charge in [-0.15, -0.1) is 0 Å². The summed E-state index contributed by atoms with van der Waals surface area (Å²) in [4.78, 5) is 36.4. The maximum atomic E-state index is 12.3. The molecule has 0 aliphatic heterocycles. The van der Waals surface area contributed by atoms with Crippen molar-refractivity contribution in [3.05, 3.63) is 86.8 Å². The van der Waals surface area contributed by atoms with Gasteiger partial charge in [0.15, 0.2) is 6.61 Å². The highest BCUT2D eigenvalue weighted by Crippen LogP contribution is 2.22. The molecule has 0 aliphatic rings. The highest BCUT2D eigenvalue weighted by Gasteiger charge is 2.13. The predicted molar refractivity (Wildman–Crippen MR) is 140 cm³/mol. The van der Waals surface area contributed by atoms with E-state index < -0.39 is 11.8 Å². The molecule has 0 saturated heterocycles. The summed E-state index contributed by atoms with van der Waals surface area (Å²) in [5.41, 5.74) is 5.89. The summed E-state index contributed by atoms with van der Waals surface area (Å²) in [5, 5.41) is 9.46. The van der Waals surface area contributed by atoms with Gasteiger partial charge in [0.1, 0.15) is 5.75 Å². The van der Waals surface area contributed by atoms with Crippen LogP contribution in [0.2, 0.25) is 5.02 Å². The van der Waals surface area contributed by atoms with Crippen LogP contribution in [0.5, 0.6) is 5.75 Å². The Kier molecular flexibility index (Phi) is 8.99. The van der Waals surface area contributed by atoms with Crippen molar-refractivity contribution in [2.24, 2.45) is 5.10 Å². The first kappa shape index (κ1) is 25.9. The normalized spacial score (nSPS) is 10.6. The molecule has 0 heterocycles. The number of hydrazone groups is 1. The number of ether oxygens (including phenoxy) is 1. The van der Waals surface area contributed by atoms with Gasteiger partial charge in [-0.1, -0.05) is 39.7 Å². The monoisotopic (exact) mass is 556 g/mol. The van der Waals surface area contributed by atoms with Crippen LogP contribution in [-0.2, 0) is 14.4 Å². The van der Waals surface area contributed by atoms with Gasteiger partial charge in [0.2, 0.25) is 0 Å². The van der Waals surface area contributed by atoms with Crippen LogP contribution in [0, 0.1) is 13.8 Å². The van der Waals surface area contributed by atoms with Crippen LogP contribution in [0.15, 0.2) is 70.2 Å². The van der Waals surface area contributed by atoms with E-state index in [0.717, 1.165) is 15.6 Å². The van der Waals surface area contributed by atoms with Crippen molar-refractivity contribution in [1.29, 1.82) is 0 Å². The largest absolute Gasteiger partial charge is 0.483 e. The third-order valence-corrected chi connectivity index (χ3v) is 5.51. The first-order valence-electron chi connectivity index (χ1n) is 10.4. The van der Waals surface area contributed by atoms with Crippen molar-refractivity contribution in [2.75, 3.05) is 17.2 Å². The number of aryl methyl sites for hydroxylation is 2. The highest BCUT2D eigenvalue weighted by atomic mass is 79.9. The Balaban J connectivity index is 1.58. The summed E-state index contributed by atoms with van der Waals surface area (Å²) in [7, 11) is 0. The first-order chi connectivity index (χ1) is 16.7. The summed E-state index contributed by atoms with van der Waals surface area (Å²) in [6, 6.07) is 17.1. The number of nitrogens with one attached hydrogen (secondary N) is 3. The van der Waals surface area contributed by atoms with Gasteiger partial charge in [0.05, 0.1) is 6.21 Å². The molecular weight excluding hydrogens is 536 g/mol. The van der Waals surface area contributed by atoms with Crippen LogP contribution in [0.1, 0.15) is 16.7 Å². The molecule has 0 unspecified atom stereocenters.